The van der Waals surface area contributed by atoms with Crippen LogP contribution in [0.25, 0.3) is 0 Å². The second kappa shape index (κ2) is 8.23. The van der Waals surface area contributed by atoms with Crippen LogP contribution in [0.5, 0.6) is 5.75 Å². The largest absolute Gasteiger partial charge is 0.495 e. The van der Waals surface area contributed by atoms with Gasteiger partial charge in [0.1, 0.15) is 12.1 Å². The maximum absolute atomic E-state index is 13.3. The van der Waals surface area contributed by atoms with E-state index in [1.54, 1.807) is 18.2 Å². The van der Waals surface area contributed by atoms with Crippen LogP contribution in [0, 0.1) is 17.0 Å². The Morgan fingerprint density at radius 3 is 2.27 bits per heavy atom. The van der Waals surface area contributed by atoms with Crippen LogP contribution >= 0.6 is 0 Å². The summed E-state index contributed by atoms with van der Waals surface area (Å²) < 4.78 is 45.0. The van der Waals surface area contributed by atoms with Crippen molar-refractivity contribution in [3.05, 3.63) is 70.0 Å². The number of benzene rings is 2. The zero-order valence-corrected chi connectivity index (χ0v) is 15.8. The molecule has 0 unspecified atom stereocenters. The van der Waals surface area contributed by atoms with Gasteiger partial charge in [-0.1, -0.05) is 18.2 Å². The Kier molecular flexibility index (Phi) is 5.72. The highest BCUT2D eigenvalue weighted by molar-refractivity contribution is 5.79. The number of aryl methyl sites for hydroxylation is 1. The van der Waals surface area contributed by atoms with Gasteiger partial charge in [0.15, 0.2) is 0 Å². The van der Waals surface area contributed by atoms with Crippen molar-refractivity contribution in [2.24, 2.45) is 0 Å². The summed E-state index contributed by atoms with van der Waals surface area (Å²) in [4.78, 5) is 18.6. The molecule has 0 amide bonds. The number of nitrogens with zero attached hydrogens (tertiary/aromatic N) is 3. The van der Waals surface area contributed by atoms with E-state index in [0.29, 0.717) is 11.4 Å². The van der Waals surface area contributed by atoms with Gasteiger partial charge in [-0.2, -0.15) is 13.2 Å². The molecule has 0 aliphatic rings. The Morgan fingerprint density at radius 1 is 1.03 bits per heavy atom. The molecule has 2 N–H and O–H groups in total. The fourth-order valence-electron chi connectivity index (χ4n) is 2.75. The quantitative estimate of drug-likeness (QED) is 0.418. The first kappa shape index (κ1) is 20.8. The first-order valence-corrected chi connectivity index (χ1v) is 8.55. The Hall–Kier alpha value is -3.89. The lowest BCUT2D eigenvalue weighted by Gasteiger charge is -2.15. The van der Waals surface area contributed by atoms with Crippen molar-refractivity contribution < 1.29 is 22.8 Å². The second-order valence-corrected chi connectivity index (χ2v) is 6.17. The highest BCUT2D eigenvalue weighted by Gasteiger charge is 2.34. The molecule has 1 aromatic heterocycles. The minimum absolute atomic E-state index is 0.203. The van der Waals surface area contributed by atoms with Crippen molar-refractivity contribution in [3.8, 4) is 5.75 Å². The van der Waals surface area contributed by atoms with Crippen molar-refractivity contribution in [2.45, 2.75) is 13.1 Å². The van der Waals surface area contributed by atoms with Crippen LogP contribution in [0.1, 0.15) is 11.1 Å². The molecular weight excluding hydrogens is 403 g/mol. The van der Waals surface area contributed by atoms with Gasteiger partial charge in [0.2, 0.25) is 11.6 Å². The van der Waals surface area contributed by atoms with E-state index in [9.17, 15) is 23.3 Å². The Bertz CT molecular complexity index is 1090. The lowest BCUT2D eigenvalue weighted by atomic mass is 10.1. The van der Waals surface area contributed by atoms with E-state index in [1.807, 2.05) is 6.92 Å². The van der Waals surface area contributed by atoms with Gasteiger partial charge in [-0.15, -0.1) is 0 Å². The fourth-order valence-corrected chi connectivity index (χ4v) is 2.75. The number of hydrogen-bond acceptors (Lipinski definition) is 7. The van der Waals surface area contributed by atoms with Gasteiger partial charge >= 0.3 is 11.9 Å². The van der Waals surface area contributed by atoms with Gasteiger partial charge in [-0.3, -0.25) is 10.1 Å². The van der Waals surface area contributed by atoms with Crippen LogP contribution in [0.15, 0.2) is 48.8 Å². The summed E-state index contributed by atoms with van der Waals surface area (Å²) in [6.45, 7) is 1.82. The van der Waals surface area contributed by atoms with Crippen molar-refractivity contribution in [3.63, 3.8) is 0 Å². The summed E-state index contributed by atoms with van der Waals surface area (Å²) >= 11 is 0. The van der Waals surface area contributed by atoms with Crippen LogP contribution in [0.4, 0.5) is 41.9 Å². The molecule has 0 atom stereocenters. The molecule has 8 nitrogen and oxygen atoms in total. The molecule has 0 fully saturated rings. The smallest absolute Gasteiger partial charge is 0.418 e. The van der Waals surface area contributed by atoms with Crippen LogP contribution in [-0.2, 0) is 6.18 Å². The molecule has 0 saturated heterocycles. The third-order valence-electron chi connectivity index (χ3n) is 4.10. The lowest BCUT2D eigenvalue weighted by molar-refractivity contribution is -0.383. The number of nitro groups is 1. The summed E-state index contributed by atoms with van der Waals surface area (Å²) in [6, 6.07) is 9.78. The first-order chi connectivity index (χ1) is 14.2. The first-order valence-electron chi connectivity index (χ1n) is 8.55. The molecule has 1 heterocycles. The second-order valence-electron chi connectivity index (χ2n) is 6.17. The Morgan fingerprint density at radius 2 is 1.67 bits per heavy atom. The summed E-state index contributed by atoms with van der Waals surface area (Å²) in [7, 11) is 1.44. The minimum atomic E-state index is -4.65. The van der Waals surface area contributed by atoms with Gasteiger partial charge in [0, 0.05) is 0 Å². The van der Waals surface area contributed by atoms with E-state index in [4.69, 9.17) is 4.74 Å². The SMILES string of the molecule is COc1ccc(C)cc1Nc1ncnc(Nc2ccccc2C(F)(F)F)c1[N+](=O)[O-]. The molecule has 0 saturated carbocycles. The standard InChI is InChI=1S/C19H16F3N5O3/c1-11-7-8-15(30-2)14(9-11)26-18-16(27(28)29)17(23-10-24-18)25-13-6-4-3-5-12(13)19(20,21)22/h3-10H,1-2H3,(H2,23,24,25,26). The average molecular weight is 419 g/mol. The fraction of sp³-hybridized carbons (Fsp3) is 0.158. The number of halogens is 3. The molecule has 0 aliphatic heterocycles. The average Bonchev–Trinajstić information content (AvgIpc) is 2.68. The van der Waals surface area contributed by atoms with E-state index in [1.165, 1.54) is 19.2 Å². The number of anilines is 4. The van der Waals surface area contributed by atoms with E-state index in [0.717, 1.165) is 24.0 Å². The summed E-state index contributed by atoms with van der Waals surface area (Å²) in [5.41, 5.74) is -0.704. The van der Waals surface area contributed by atoms with Gasteiger partial charge < -0.3 is 15.4 Å². The zero-order valence-electron chi connectivity index (χ0n) is 15.8. The van der Waals surface area contributed by atoms with Crippen molar-refractivity contribution in [1.82, 2.24) is 9.97 Å². The van der Waals surface area contributed by atoms with E-state index in [2.05, 4.69) is 20.6 Å². The molecular formula is C19H16F3N5O3. The number of aromatic nitrogens is 2. The van der Waals surface area contributed by atoms with E-state index in [-0.39, 0.29) is 17.3 Å². The van der Waals surface area contributed by atoms with Gasteiger partial charge in [-0.05, 0) is 36.8 Å². The van der Waals surface area contributed by atoms with Crippen LogP contribution < -0.4 is 15.4 Å². The number of ether oxygens (including phenoxy) is 1. The molecule has 0 radical (unpaired) electrons. The molecule has 156 valence electrons. The summed E-state index contributed by atoms with van der Waals surface area (Å²) in [5, 5.41) is 16.9. The molecule has 0 aliphatic carbocycles. The van der Waals surface area contributed by atoms with E-state index >= 15 is 0 Å². The number of hydrogen-bond donors (Lipinski definition) is 2. The lowest BCUT2D eigenvalue weighted by Crippen LogP contribution is -2.11. The topological polar surface area (TPSA) is 102 Å². The van der Waals surface area contributed by atoms with Gasteiger partial charge in [-0.25, -0.2) is 9.97 Å². The highest BCUT2D eigenvalue weighted by atomic mass is 19.4. The molecule has 0 bridgehead atoms. The molecule has 11 heteroatoms. The highest BCUT2D eigenvalue weighted by Crippen LogP contribution is 2.39. The van der Waals surface area contributed by atoms with Crippen LogP contribution in [0.2, 0.25) is 0 Å². The molecule has 0 spiro atoms. The van der Waals surface area contributed by atoms with E-state index < -0.39 is 22.4 Å². The molecule has 2 aromatic carbocycles. The van der Waals surface area contributed by atoms with Crippen molar-refractivity contribution in [1.29, 1.82) is 0 Å². The maximum Gasteiger partial charge on any atom is 0.418 e. The van der Waals surface area contributed by atoms with Crippen molar-refractivity contribution in [2.75, 3.05) is 17.7 Å². The van der Waals surface area contributed by atoms with Crippen LogP contribution in [-0.4, -0.2) is 22.0 Å². The minimum Gasteiger partial charge on any atom is -0.495 e. The summed E-state index contributed by atoms with van der Waals surface area (Å²) in [6.07, 6.45) is -3.64. The number of rotatable bonds is 6. The zero-order chi connectivity index (χ0) is 21.9. The summed E-state index contributed by atoms with van der Waals surface area (Å²) in [5.74, 6) is -0.183. The predicted octanol–water partition coefficient (Wildman–Crippen LogP) is 5.21. The normalized spacial score (nSPS) is 11.1. The monoisotopic (exact) mass is 419 g/mol. The Labute approximate surface area is 168 Å². The van der Waals surface area contributed by atoms with Gasteiger partial charge in [0.25, 0.3) is 0 Å². The third-order valence-corrected chi connectivity index (χ3v) is 4.10. The van der Waals surface area contributed by atoms with Gasteiger partial charge in [0.05, 0.1) is 29.0 Å². The number of methoxy groups -OCH3 is 1. The molecule has 3 rings (SSSR count). The van der Waals surface area contributed by atoms with Crippen LogP contribution in [0.3, 0.4) is 0 Å². The molecule has 30 heavy (non-hydrogen) atoms. The Balaban J connectivity index is 2.06. The number of para-hydroxylation sites is 1. The maximum atomic E-state index is 13.3. The van der Waals surface area contributed by atoms with Crippen molar-refractivity contribution >= 4 is 28.7 Å². The number of alkyl halides is 3. The third kappa shape index (κ3) is 4.40. The predicted molar refractivity (Wildman–Crippen MR) is 104 cm³/mol. The number of nitrogens with one attached hydrogen (secondary N) is 2. The molecule has 3 aromatic rings.